The largest absolute Gasteiger partial charge is 0.478 e. The number of nitrogens with one attached hydrogen (secondary N) is 1. The van der Waals surface area contributed by atoms with Gasteiger partial charge >= 0.3 is 5.97 Å². The summed E-state index contributed by atoms with van der Waals surface area (Å²) in [5, 5.41) is 11.1. The Morgan fingerprint density at radius 3 is 2.64 bits per heavy atom. The molecule has 1 amide bonds. The van der Waals surface area contributed by atoms with Crippen molar-refractivity contribution >= 4 is 11.9 Å². The summed E-state index contributed by atoms with van der Waals surface area (Å²) in [5.41, 5.74) is 0.776. The zero-order chi connectivity index (χ0) is 8.43. The number of carboxylic acid groups (broad SMARTS) is 1. The monoisotopic (exact) mass is 155 g/mol. The van der Waals surface area contributed by atoms with E-state index in [-0.39, 0.29) is 12.3 Å². The molecule has 0 aromatic rings. The Morgan fingerprint density at radius 1 is 1.55 bits per heavy atom. The number of carbonyl (C=O) groups is 2. The molecule has 1 aliphatic rings. The number of rotatable bonds is 1. The topological polar surface area (TPSA) is 66.4 Å². The molecule has 4 heteroatoms. The van der Waals surface area contributed by atoms with Crippen LogP contribution in [0.15, 0.2) is 11.3 Å². The molecule has 1 aliphatic heterocycles. The Balaban J connectivity index is 2.86. The van der Waals surface area contributed by atoms with Crippen LogP contribution in [0.5, 0.6) is 0 Å². The van der Waals surface area contributed by atoms with Crippen molar-refractivity contribution in [3.8, 4) is 0 Å². The summed E-state index contributed by atoms with van der Waals surface area (Å²) in [6.45, 7) is 1.60. The molecule has 0 spiro atoms. The van der Waals surface area contributed by atoms with Crippen molar-refractivity contribution in [2.45, 2.75) is 19.8 Å². The number of allylic oxidation sites excluding steroid dienone is 1. The molecule has 0 unspecified atom stereocenters. The first kappa shape index (κ1) is 7.78. The highest BCUT2D eigenvalue weighted by atomic mass is 16.4. The molecule has 4 nitrogen and oxygen atoms in total. The van der Waals surface area contributed by atoms with Crippen molar-refractivity contribution in [1.82, 2.24) is 5.32 Å². The van der Waals surface area contributed by atoms with Crippen LogP contribution in [0.4, 0.5) is 0 Å². The van der Waals surface area contributed by atoms with E-state index in [9.17, 15) is 9.59 Å². The number of hydrogen-bond acceptors (Lipinski definition) is 2. The number of carbonyl (C=O) groups excluding carboxylic acids is 1. The van der Waals surface area contributed by atoms with Gasteiger partial charge in [-0.1, -0.05) is 0 Å². The average molecular weight is 155 g/mol. The van der Waals surface area contributed by atoms with Gasteiger partial charge in [0.25, 0.3) is 0 Å². The lowest BCUT2D eigenvalue weighted by molar-refractivity contribution is -0.133. The van der Waals surface area contributed by atoms with Gasteiger partial charge < -0.3 is 10.4 Å². The van der Waals surface area contributed by atoms with Crippen LogP contribution in [0.1, 0.15) is 19.8 Å². The van der Waals surface area contributed by atoms with E-state index in [0.29, 0.717) is 17.7 Å². The molecule has 0 fully saturated rings. The molecule has 0 aromatic heterocycles. The second-order valence-corrected chi connectivity index (χ2v) is 2.46. The first-order valence-corrected chi connectivity index (χ1v) is 3.34. The van der Waals surface area contributed by atoms with Gasteiger partial charge in [0.2, 0.25) is 5.91 Å². The van der Waals surface area contributed by atoms with E-state index in [4.69, 9.17) is 5.11 Å². The Morgan fingerprint density at radius 2 is 2.18 bits per heavy atom. The molecule has 0 atom stereocenters. The van der Waals surface area contributed by atoms with Gasteiger partial charge in [-0.25, -0.2) is 4.79 Å². The molecule has 60 valence electrons. The summed E-state index contributed by atoms with van der Waals surface area (Å²) < 4.78 is 0. The van der Waals surface area contributed by atoms with E-state index < -0.39 is 5.97 Å². The van der Waals surface area contributed by atoms with E-state index in [1.807, 2.05) is 0 Å². The molecule has 0 aromatic carbocycles. The number of amides is 1. The van der Waals surface area contributed by atoms with E-state index in [1.54, 1.807) is 6.92 Å². The van der Waals surface area contributed by atoms with Gasteiger partial charge in [0.1, 0.15) is 0 Å². The van der Waals surface area contributed by atoms with Crippen LogP contribution in [-0.2, 0) is 9.59 Å². The van der Waals surface area contributed by atoms with Gasteiger partial charge in [-0.05, 0) is 13.3 Å². The van der Waals surface area contributed by atoms with Crippen LogP contribution < -0.4 is 5.32 Å². The first-order chi connectivity index (χ1) is 5.11. The maximum atomic E-state index is 10.7. The van der Waals surface area contributed by atoms with Crippen molar-refractivity contribution in [2.24, 2.45) is 0 Å². The highest BCUT2D eigenvalue weighted by Crippen LogP contribution is 2.14. The Labute approximate surface area is 63.9 Å². The summed E-state index contributed by atoms with van der Waals surface area (Å²) in [6.07, 6.45) is 0.617. The van der Waals surface area contributed by atoms with Gasteiger partial charge in [0.05, 0.1) is 5.57 Å². The zero-order valence-corrected chi connectivity index (χ0v) is 6.18. The van der Waals surface area contributed by atoms with Gasteiger partial charge in [0, 0.05) is 12.1 Å². The van der Waals surface area contributed by atoms with Gasteiger partial charge in [-0.2, -0.15) is 0 Å². The van der Waals surface area contributed by atoms with Crippen molar-refractivity contribution in [2.75, 3.05) is 0 Å². The molecule has 11 heavy (non-hydrogen) atoms. The molecule has 0 aliphatic carbocycles. The summed E-state index contributed by atoms with van der Waals surface area (Å²) in [5.74, 6) is -1.05. The van der Waals surface area contributed by atoms with Crippen LogP contribution >= 0.6 is 0 Å². The molecule has 1 heterocycles. The number of hydrogen-bond donors (Lipinski definition) is 2. The third-order valence-corrected chi connectivity index (χ3v) is 1.64. The van der Waals surface area contributed by atoms with Crippen LogP contribution in [0.25, 0.3) is 0 Å². The molecular formula is C7H9NO3. The van der Waals surface area contributed by atoms with Crippen molar-refractivity contribution in [1.29, 1.82) is 0 Å². The number of carboxylic acids is 1. The fourth-order valence-corrected chi connectivity index (χ4v) is 1.04. The third kappa shape index (κ3) is 1.58. The smallest absolute Gasteiger partial charge is 0.333 e. The third-order valence-electron chi connectivity index (χ3n) is 1.64. The maximum absolute atomic E-state index is 10.7. The molecule has 2 N–H and O–H groups in total. The van der Waals surface area contributed by atoms with E-state index in [1.165, 1.54) is 0 Å². The Bertz CT molecular complexity index is 242. The van der Waals surface area contributed by atoms with Gasteiger partial charge in [0.15, 0.2) is 0 Å². The average Bonchev–Trinajstić information content (AvgIpc) is 1.85. The lowest BCUT2D eigenvalue weighted by atomic mass is 10.0. The standard InChI is InChI=1S/C7H9NO3/c1-4-5(7(10)11)2-3-6(9)8-4/h2-3H2,1H3,(H,8,9)(H,10,11). The molecule has 0 radical (unpaired) electrons. The van der Waals surface area contributed by atoms with Gasteiger partial charge in [-0.15, -0.1) is 0 Å². The summed E-state index contributed by atoms with van der Waals surface area (Å²) in [6, 6.07) is 0. The van der Waals surface area contributed by atoms with Crippen LogP contribution in [0, 0.1) is 0 Å². The summed E-state index contributed by atoms with van der Waals surface area (Å²) >= 11 is 0. The van der Waals surface area contributed by atoms with Crippen LogP contribution in [0.3, 0.4) is 0 Å². The summed E-state index contributed by atoms with van der Waals surface area (Å²) in [4.78, 5) is 21.2. The van der Waals surface area contributed by atoms with E-state index in [2.05, 4.69) is 5.32 Å². The maximum Gasteiger partial charge on any atom is 0.333 e. The second kappa shape index (κ2) is 2.74. The highest BCUT2D eigenvalue weighted by molar-refractivity contribution is 5.92. The SMILES string of the molecule is CC1=C(C(=O)O)CCC(=O)N1. The molecule has 1 rings (SSSR count). The zero-order valence-electron chi connectivity index (χ0n) is 6.18. The van der Waals surface area contributed by atoms with E-state index >= 15 is 0 Å². The Kier molecular flexibility index (Phi) is 1.94. The van der Waals surface area contributed by atoms with Gasteiger partial charge in [-0.3, -0.25) is 4.79 Å². The summed E-state index contributed by atoms with van der Waals surface area (Å²) in [7, 11) is 0. The predicted octanol–water partition coefficient (Wildman–Crippen LogP) is 0.255. The van der Waals surface area contributed by atoms with Crippen molar-refractivity contribution in [3.63, 3.8) is 0 Å². The van der Waals surface area contributed by atoms with E-state index in [0.717, 1.165) is 0 Å². The fraction of sp³-hybridized carbons (Fsp3) is 0.429. The normalized spacial score (nSPS) is 18.1. The second-order valence-electron chi connectivity index (χ2n) is 2.46. The van der Waals surface area contributed by atoms with Crippen molar-refractivity contribution < 1.29 is 14.7 Å². The lowest BCUT2D eigenvalue weighted by Gasteiger charge is -2.14. The quantitative estimate of drug-likeness (QED) is 0.570. The fourth-order valence-electron chi connectivity index (χ4n) is 1.04. The van der Waals surface area contributed by atoms with Crippen LogP contribution in [-0.4, -0.2) is 17.0 Å². The predicted molar refractivity (Wildman–Crippen MR) is 37.7 cm³/mol. The van der Waals surface area contributed by atoms with Crippen LogP contribution in [0.2, 0.25) is 0 Å². The molecule has 0 saturated carbocycles. The lowest BCUT2D eigenvalue weighted by Crippen LogP contribution is -2.28. The minimum Gasteiger partial charge on any atom is -0.478 e. The minimum absolute atomic E-state index is 0.104. The highest BCUT2D eigenvalue weighted by Gasteiger charge is 2.19. The van der Waals surface area contributed by atoms with Crippen molar-refractivity contribution in [3.05, 3.63) is 11.3 Å². The minimum atomic E-state index is -0.942. The molecular weight excluding hydrogens is 146 g/mol. The molecule has 0 saturated heterocycles. The first-order valence-electron chi connectivity index (χ1n) is 3.34. The Hall–Kier alpha value is -1.32. The number of aliphatic carboxylic acids is 1. The molecule has 0 bridgehead atoms.